The van der Waals surface area contributed by atoms with Gasteiger partial charge in [-0.3, -0.25) is 4.79 Å². The summed E-state index contributed by atoms with van der Waals surface area (Å²) in [5, 5.41) is 2.77. The predicted molar refractivity (Wildman–Crippen MR) is 173 cm³/mol. The number of hydrogen-bond donors (Lipinski definition) is 0. The monoisotopic (exact) mass is 584 g/mol. The van der Waals surface area contributed by atoms with Crippen molar-refractivity contribution in [3.05, 3.63) is 70.2 Å². The van der Waals surface area contributed by atoms with Gasteiger partial charge in [-0.05, 0) is 53.6 Å². The number of amides is 1. The third-order valence-corrected chi connectivity index (χ3v) is 8.58. The van der Waals surface area contributed by atoms with E-state index in [-0.39, 0.29) is 5.91 Å². The summed E-state index contributed by atoms with van der Waals surface area (Å²) in [5.74, 6) is 1.77. The third-order valence-electron chi connectivity index (χ3n) is 7.47. The fourth-order valence-electron chi connectivity index (χ4n) is 5.11. The number of ether oxygens (including phenoxy) is 1. The van der Waals surface area contributed by atoms with E-state index in [1.165, 1.54) is 76.2 Å². The Morgan fingerprint density at radius 2 is 1.62 bits per heavy atom. The lowest BCUT2D eigenvalue weighted by Crippen LogP contribution is -2.30. The molecule has 1 heterocycles. The van der Waals surface area contributed by atoms with Crippen LogP contribution in [-0.4, -0.2) is 29.8 Å². The summed E-state index contributed by atoms with van der Waals surface area (Å²) in [4.78, 5) is 16.7. The number of rotatable bonds is 20. The molecular weight excluding hydrogens is 536 g/mol. The molecule has 0 atom stereocenters. The number of unbranched alkanes of at least 4 members (excludes halogenated alkanes) is 11. The SMILES string of the molecule is CCCCCCCCCCCCCCOc1cc(CCN(C(C)=O)c2cccc(CN3C=CSC3)c2)ccc1Cl. The van der Waals surface area contributed by atoms with Gasteiger partial charge >= 0.3 is 0 Å². The van der Waals surface area contributed by atoms with Gasteiger partial charge in [-0.2, -0.15) is 0 Å². The molecule has 6 heteroatoms. The van der Waals surface area contributed by atoms with E-state index in [1.54, 1.807) is 18.7 Å². The summed E-state index contributed by atoms with van der Waals surface area (Å²) in [6, 6.07) is 14.3. The maximum atomic E-state index is 12.5. The van der Waals surface area contributed by atoms with E-state index in [4.69, 9.17) is 16.3 Å². The molecule has 1 aliphatic heterocycles. The van der Waals surface area contributed by atoms with E-state index in [1.807, 2.05) is 35.2 Å². The first kappa shape index (κ1) is 32.4. The van der Waals surface area contributed by atoms with Crippen molar-refractivity contribution < 1.29 is 9.53 Å². The summed E-state index contributed by atoms with van der Waals surface area (Å²) >= 11 is 8.24. The second kappa shape index (κ2) is 19.1. The van der Waals surface area contributed by atoms with Gasteiger partial charge in [0, 0.05) is 31.9 Å². The zero-order chi connectivity index (χ0) is 28.4. The topological polar surface area (TPSA) is 32.8 Å². The second-order valence-corrected chi connectivity index (χ2v) is 12.2. The average Bonchev–Trinajstić information content (AvgIpc) is 3.46. The molecule has 0 N–H and O–H groups in total. The van der Waals surface area contributed by atoms with E-state index in [0.717, 1.165) is 42.3 Å². The van der Waals surface area contributed by atoms with Crippen LogP contribution < -0.4 is 9.64 Å². The van der Waals surface area contributed by atoms with E-state index >= 15 is 0 Å². The van der Waals surface area contributed by atoms with Gasteiger partial charge in [0.25, 0.3) is 0 Å². The standard InChI is InChI=1S/C34H49ClN2O2S/c1-3-4-5-6-7-8-9-10-11-12-13-14-23-39-34-26-30(18-19-33(34)35)20-21-37(29(2)38)32-17-15-16-31(25-32)27-36-22-24-40-28-36/h15-19,22,24-26H,3-14,20-21,23,27-28H2,1-2H3. The van der Waals surface area contributed by atoms with Crippen molar-refractivity contribution in [2.45, 2.75) is 104 Å². The Morgan fingerprint density at radius 3 is 2.27 bits per heavy atom. The lowest BCUT2D eigenvalue weighted by molar-refractivity contribution is -0.116. The largest absolute Gasteiger partial charge is 0.492 e. The number of carbonyl (C=O) groups is 1. The minimum Gasteiger partial charge on any atom is -0.492 e. The van der Waals surface area contributed by atoms with Gasteiger partial charge in [-0.25, -0.2) is 0 Å². The highest BCUT2D eigenvalue weighted by Gasteiger charge is 2.14. The van der Waals surface area contributed by atoms with Crippen molar-refractivity contribution >= 4 is 35.0 Å². The van der Waals surface area contributed by atoms with E-state index in [9.17, 15) is 4.79 Å². The summed E-state index contributed by atoms with van der Waals surface area (Å²) in [6.07, 6.45) is 18.8. The highest BCUT2D eigenvalue weighted by Crippen LogP contribution is 2.27. The Balaban J connectivity index is 1.37. The van der Waals surface area contributed by atoms with Crippen molar-refractivity contribution in [2.24, 2.45) is 0 Å². The highest BCUT2D eigenvalue weighted by molar-refractivity contribution is 8.02. The van der Waals surface area contributed by atoms with Gasteiger partial charge in [0.1, 0.15) is 5.75 Å². The molecule has 0 aliphatic carbocycles. The van der Waals surface area contributed by atoms with Gasteiger partial charge in [0.05, 0.1) is 17.5 Å². The molecule has 1 aliphatic rings. The van der Waals surface area contributed by atoms with Gasteiger partial charge in [0.15, 0.2) is 0 Å². The molecule has 4 nitrogen and oxygen atoms in total. The molecule has 1 amide bonds. The molecular formula is C34H49ClN2O2S. The summed E-state index contributed by atoms with van der Waals surface area (Å²) in [7, 11) is 0. The van der Waals surface area contributed by atoms with Gasteiger partial charge in [0.2, 0.25) is 5.91 Å². The molecule has 0 saturated carbocycles. The summed E-state index contributed by atoms with van der Waals surface area (Å²) < 4.78 is 6.06. The van der Waals surface area contributed by atoms with Crippen LogP contribution in [0.4, 0.5) is 5.69 Å². The van der Waals surface area contributed by atoms with Gasteiger partial charge < -0.3 is 14.5 Å². The lowest BCUT2D eigenvalue weighted by Gasteiger charge is -2.23. The van der Waals surface area contributed by atoms with Crippen molar-refractivity contribution in [2.75, 3.05) is 23.9 Å². The zero-order valence-corrected chi connectivity index (χ0v) is 26.3. The molecule has 0 unspecified atom stereocenters. The number of carbonyl (C=O) groups excluding carboxylic acids is 1. The van der Waals surface area contributed by atoms with Crippen molar-refractivity contribution in [3.63, 3.8) is 0 Å². The van der Waals surface area contributed by atoms with Crippen LogP contribution in [0.2, 0.25) is 5.02 Å². The first-order valence-corrected chi connectivity index (χ1v) is 16.8. The van der Waals surface area contributed by atoms with Crippen molar-refractivity contribution in [1.82, 2.24) is 4.90 Å². The molecule has 0 spiro atoms. The number of halogens is 1. The normalized spacial score (nSPS) is 12.7. The van der Waals surface area contributed by atoms with Crippen molar-refractivity contribution in [1.29, 1.82) is 0 Å². The first-order valence-electron chi connectivity index (χ1n) is 15.4. The molecule has 2 aromatic carbocycles. The Bertz CT molecular complexity index is 1040. The Kier molecular flexibility index (Phi) is 15.5. The van der Waals surface area contributed by atoms with E-state index in [0.29, 0.717) is 18.2 Å². The Morgan fingerprint density at radius 1 is 0.925 bits per heavy atom. The molecule has 0 aromatic heterocycles. The van der Waals surface area contributed by atoms with Crippen LogP contribution in [-0.2, 0) is 17.8 Å². The van der Waals surface area contributed by atoms with Gasteiger partial charge in [-0.15, -0.1) is 11.8 Å². The highest BCUT2D eigenvalue weighted by atomic mass is 35.5. The molecule has 3 rings (SSSR count). The average molecular weight is 585 g/mol. The smallest absolute Gasteiger partial charge is 0.223 e. The minimum absolute atomic E-state index is 0.0474. The van der Waals surface area contributed by atoms with E-state index in [2.05, 4.69) is 35.6 Å². The molecule has 0 fully saturated rings. The summed E-state index contributed by atoms with van der Waals surface area (Å²) in [6.45, 7) is 6.06. The zero-order valence-electron chi connectivity index (χ0n) is 24.7. The number of benzene rings is 2. The quantitative estimate of drug-likeness (QED) is 0.145. The van der Waals surface area contributed by atoms with Crippen LogP contribution in [0.1, 0.15) is 102 Å². The predicted octanol–water partition coefficient (Wildman–Crippen LogP) is 9.99. The lowest BCUT2D eigenvalue weighted by atomic mass is 10.1. The fraction of sp³-hybridized carbons (Fsp3) is 0.559. The van der Waals surface area contributed by atoms with Crippen LogP contribution in [0.3, 0.4) is 0 Å². The van der Waals surface area contributed by atoms with Crippen LogP contribution in [0, 0.1) is 0 Å². The molecule has 2 aromatic rings. The number of hydrogen-bond acceptors (Lipinski definition) is 4. The second-order valence-electron chi connectivity index (χ2n) is 10.9. The third kappa shape index (κ3) is 12.2. The van der Waals surface area contributed by atoms with E-state index < -0.39 is 0 Å². The molecule has 0 saturated heterocycles. The minimum atomic E-state index is 0.0474. The Labute approximate surface area is 252 Å². The van der Waals surface area contributed by atoms with Crippen LogP contribution >= 0.6 is 23.4 Å². The number of thioether (sulfide) groups is 1. The van der Waals surface area contributed by atoms with Crippen molar-refractivity contribution in [3.8, 4) is 5.75 Å². The molecule has 40 heavy (non-hydrogen) atoms. The van der Waals surface area contributed by atoms with Gasteiger partial charge in [-0.1, -0.05) is 107 Å². The number of nitrogens with zero attached hydrogens (tertiary/aromatic N) is 2. The summed E-state index contributed by atoms with van der Waals surface area (Å²) in [5.41, 5.74) is 3.27. The number of anilines is 1. The van der Waals surface area contributed by atoms with Crippen LogP contribution in [0.25, 0.3) is 0 Å². The maximum absolute atomic E-state index is 12.5. The first-order chi connectivity index (χ1) is 19.6. The fourth-order valence-corrected chi connectivity index (χ4v) is 6.00. The van der Waals surface area contributed by atoms with Crippen LogP contribution in [0.5, 0.6) is 5.75 Å². The molecule has 0 radical (unpaired) electrons. The molecule has 220 valence electrons. The van der Waals surface area contributed by atoms with Crippen LogP contribution in [0.15, 0.2) is 54.1 Å². The Hall–Kier alpha value is -2.11. The molecule has 0 bridgehead atoms. The maximum Gasteiger partial charge on any atom is 0.223 e.